The number of ether oxygens (including phenoxy) is 1. The molecule has 0 saturated carbocycles. The van der Waals surface area contributed by atoms with Gasteiger partial charge in [-0.3, -0.25) is 14.9 Å². The van der Waals surface area contributed by atoms with E-state index in [4.69, 9.17) is 4.74 Å². The van der Waals surface area contributed by atoms with Gasteiger partial charge in [-0.2, -0.15) is 0 Å². The van der Waals surface area contributed by atoms with Crippen molar-refractivity contribution in [3.8, 4) is 0 Å². The van der Waals surface area contributed by atoms with Gasteiger partial charge in [-0.1, -0.05) is 0 Å². The van der Waals surface area contributed by atoms with Crippen molar-refractivity contribution in [2.45, 2.75) is 19.4 Å². The molecule has 22 heavy (non-hydrogen) atoms. The molecule has 2 rings (SSSR count). The van der Waals surface area contributed by atoms with Gasteiger partial charge in [0.2, 0.25) is 5.91 Å². The molecule has 1 aromatic carbocycles. The second kappa shape index (κ2) is 6.70. The van der Waals surface area contributed by atoms with E-state index < -0.39 is 29.9 Å². The molecule has 0 spiro atoms. The summed E-state index contributed by atoms with van der Waals surface area (Å²) in [5, 5.41) is 6.96. The fourth-order valence-corrected chi connectivity index (χ4v) is 1.90. The highest BCUT2D eigenvalue weighted by Crippen LogP contribution is 2.11. The van der Waals surface area contributed by atoms with Crippen LogP contribution in [0.4, 0.5) is 10.5 Å². The Bertz CT molecular complexity index is 611. The first-order chi connectivity index (χ1) is 10.5. The van der Waals surface area contributed by atoms with Crippen molar-refractivity contribution in [1.29, 1.82) is 0 Å². The Morgan fingerprint density at radius 2 is 1.91 bits per heavy atom. The van der Waals surface area contributed by atoms with Crippen molar-refractivity contribution in [3.63, 3.8) is 0 Å². The molecule has 116 valence electrons. The molecule has 3 N–H and O–H groups in total. The minimum absolute atomic E-state index is 0.169. The number of carbonyl (C=O) groups excluding carboxylic acids is 4. The minimum Gasteiger partial charge on any atom is -0.462 e. The maximum absolute atomic E-state index is 11.8. The predicted octanol–water partition coefficient (Wildman–Crippen LogP) is 0.400. The van der Waals surface area contributed by atoms with Crippen molar-refractivity contribution in [2.75, 3.05) is 11.9 Å². The lowest BCUT2D eigenvalue weighted by atomic mass is 10.2. The first-order valence-electron chi connectivity index (χ1n) is 6.68. The Hall–Kier alpha value is -2.90. The summed E-state index contributed by atoms with van der Waals surface area (Å²) in [7, 11) is 0. The summed E-state index contributed by atoms with van der Waals surface area (Å²) >= 11 is 0. The van der Waals surface area contributed by atoms with E-state index in [2.05, 4.69) is 10.6 Å². The maximum Gasteiger partial charge on any atom is 0.338 e. The van der Waals surface area contributed by atoms with Gasteiger partial charge >= 0.3 is 12.0 Å². The Balaban J connectivity index is 1.90. The number of imide groups is 1. The minimum atomic E-state index is -0.869. The molecule has 1 heterocycles. The summed E-state index contributed by atoms with van der Waals surface area (Å²) in [5.41, 5.74) is 0.852. The summed E-state index contributed by atoms with van der Waals surface area (Å²) < 4.78 is 4.85. The number of esters is 1. The third-order valence-corrected chi connectivity index (χ3v) is 2.93. The average Bonchev–Trinajstić information content (AvgIpc) is 2.77. The van der Waals surface area contributed by atoms with E-state index in [-0.39, 0.29) is 13.0 Å². The topological polar surface area (TPSA) is 114 Å². The number of hydrogen-bond acceptors (Lipinski definition) is 5. The highest BCUT2D eigenvalue weighted by molar-refractivity contribution is 6.06. The second-order valence-corrected chi connectivity index (χ2v) is 4.57. The molecule has 1 fully saturated rings. The fraction of sp³-hybridized carbons (Fsp3) is 0.286. The first kappa shape index (κ1) is 15.5. The van der Waals surface area contributed by atoms with Gasteiger partial charge in [0.25, 0.3) is 5.91 Å². The van der Waals surface area contributed by atoms with Gasteiger partial charge in [-0.15, -0.1) is 0 Å². The molecule has 8 nitrogen and oxygen atoms in total. The maximum atomic E-state index is 11.8. The summed E-state index contributed by atoms with van der Waals surface area (Å²) in [6.07, 6.45) is -0.169. The fourth-order valence-electron chi connectivity index (χ4n) is 1.90. The number of urea groups is 1. The Morgan fingerprint density at radius 3 is 2.45 bits per heavy atom. The molecule has 1 aromatic rings. The molecule has 0 bridgehead atoms. The molecule has 0 aromatic heterocycles. The zero-order valence-electron chi connectivity index (χ0n) is 11.8. The molecule has 0 unspecified atom stereocenters. The monoisotopic (exact) mass is 305 g/mol. The van der Waals surface area contributed by atoms with E-state index in [1.54, 1.807) is 19.1 Å². The largest absolute Gasteiger partial charge is 0.462 e. The molecular formula is C14H15N3O5. The van der Waals surface area contributed by atoms with E-state index in [1.165, 1.54) is 12.1 Å². The SMILES string of the molecule is CCOC(=O)c1ccc(NC(=O)C[C@@H]2NC(=O)NC2=O)cc1. The second-order valence-electron chi connectivity index (χ2n) is 4.57. The van der Waals surface area contributed by atoms with Crippen LogP contribution in [0.25, 0.3) is 0 Å². The predicted molar refractivity (Wildman–Crippen MR) is 76.1 cm³/mol. The Labute approximate surface area is 126 Å². The molecule has 4 amide bonds. The Morgan fingerprint density at radius 1 is 1.23 bits per heavy atom. The molecule has 8 heteroatoms. The lowest BCUT2D eigenvalue weighted by molar-refractivity contribution is -0.124. The summed E-state index contributed by atoms with van der Waals surface area (Å²) in [6, 6.07) is 4.68. The Kier molecular flexibility index (Phi) is 4.72. The number of carbonyl (C=O) groups is 4. The van der Waals surface area contributed by atoms with Gasteiger partial charge in [0.1, 0.15) is 6.04 Å². The third-order valence-electron chi connectivity index (χ3n) is 2.93. The lowest BCUT2D eigenvalue weighted by Gasteiger charge is -2.09. The van der Waals surface area contributed by atoms with Crippen LogP contribution in [-0.2, 0) is 14.3 Å². The number of rotatable bonds is 5. The van der Waals surface area contributed by atoms with Gasteiger partial charge in [0, 0.05) is 5.69 Å². The van der Waals surface area contributed by atoms with E-state index in [0.717, 1.165) is 0 Å². The van der Waals surface area contributed by atoms with E-state index >= 15 is 0 Å². The summed E-state index contributed by atoms with van der Waals surface area (Å²) in [4.78, 5) is 45.6. The van der Waals surface area contributed by atoms with Crippen molar-refractivity contribution in [3.05, 3.63) is 29.8 Å². The smallest absolute Gasteiger partial charge is 0.338 e. The third kappa shape index (κ3) is 3.81. The van der Waals surface area contributed by atoms with Crippen LogP contribution in [0.2, 0.25) is 0 Å². The molecular weight excluding hydrogens is 290 g/mol. The molecule has 1 aliphatic heterocycles. The first-order valence-corrected chi connectivity index (χ1v) is 6.68. The van der Waals surface area contributed by atoms with Crippen LogP contribution in [0, 0.1) is 0 Å². The number of anilines is 1. The molecule has 1 aliphatic rings. The van der Waals surface area contributed by atoms with Crippen LogP contribution in [0.1, 0.15) is 23.7 Å². The zero-order chi connectivity index (χ0) is 16.1. The molecule has 0 radical (unpaired) electrons. The highest BCUT2D eigenvalue weighted by Gasteiger charge is 2.31. The average molecular weight is 305 g/mol. The van der Waals surface area contributed by atoms with Gasteiger partial charge in [-0.05, 0) is 31.2 Å². The quantitative estimate of drug-likeness (QED) is 0.538. The van der Waals surface area contributed by atoms with Crippen molar-refractivity contribution in [2.24, 2.45) is 0 Å². The summed E-state index contributed by atoms with van der Waals surface area (Å²) in [5.74, 6) is -1.39. The highest BCUT2D eigenvalue weighted by atomic mass is 16.5. The van der Waals surface area contributed by atoms with E-state index in [0.29, 0.717) is 11.3 Å². The number of hydrogen-bond donors (Lipinski definition) is 3. The van der Waals surface area contributed by atoms with E-state index in [1.807, 2.05) is 5.32 Å². The molecule has 1 atom stereocenters. The van der Waals surface area contributed by atoms with Crippen LogP contribution >= 0.6 is 0 Å². The molecule has 0 aliphatic carbocycles. The van der Waals surface area contributed by atoms with Crippen molar-refractivity contribution < 1.29 is 23.9 Å². The number of amides is 4. The van der Waals surface area contributed by atoms with Crippen LogP contribution < -0.4 is 16.0 Å². The summed E-state index contributed by atoms with van der Waals surface area (Å²) in [6.45, 7) is 2.00. The van der Waals surface area contributed by atoms with Gasteiger partial charge < -0.3 is 15.4 Å². The standard InChI is InChI=1S/C14H15N3O5/c1-2-22-13(20)8-3-5-9(6-4-8)15-11(18)7-10-12(19)17-14(21)16-10/h3-6,10H,2,7H2,1H3,(H,15,18)(H2,16,17,19,21)/t10-/m0/s1. The normalized spacial score (nSPS) is 16.7. The molecule has 1 saturated heterocycles. The van der Waals surface area contributed by atoms with Crippen LogP contribution in [0.5, 0.6) is 0 Å². The zero-order valence-corrected chi connectivity index (χ0v) is 11.8. The number of benzene rings is 1. The van der Waals surface area contributed by atoms with Crippen LogP contribution in [-0.4, -0.2) is 36.5 Å². The van der Waals surface area contributed by atoms with Crippen molar-refractivity contribution in [1.82, 2.24) is 10.6 Å². The van der Waals surface area contributed by atoms with Crippen LogP contribution in [0.3, 0.4) is 0 Å². The number of nitrogens with one attached hydrogen (secondary N) is 3. The van der Waals surface area contributed by atoms with Gasteiger partial charge in [0.15, 0.2) is 0 Å². The van der Waals surface area contributed by atoms with Gasteiger partial charge in [0.05, 0.1) is 18.6 Å². The van der Waals surface area contributed by atoms with Gasteiger partial charge in [-0.25, -0.2) is 9.59 Å². The van der Waals surface area contributed by atoms with Crippen LogP contribution in [0.15, 0.2) is 24.3 Å². The van der Waals surface area contributed by atoms with Crippen molar-refractivity contribution >= 4 is 29.5 Å². The van der Waals surface area contributed by atoms with E-state index in [9.17, 15) is 19.2 Å². The lowest BCUT2D eigenvalue weighted by Crippen LogP contribution is -2.33.